The lowest BCUT2D eigenvalue weighted by molar-refractivity contribution is 0.258. The number of nitrogens with one attached hydrogen (secondary N) is 1. The fraction of sp³-hybridized carbons (Fsp3) is 0.917. The van der Waals surface area contributed by atoms with Crippen LogP contribution < -0.4 is 0 Å². The van der Waals surface area contributed by atoms with Gasteiger partial charge in [0.15, 0.2) is 0 Å². The molecule has 1 aliphatic rings. The minimum atomic E-state index is 0.257. The molecule has 1 unspecified atom stereocenters. The molecular formula is C12H26N4. The normalized spacial score (nSPS) is 24.1. The lowest BCUT2D eigenvalue weighted by atomic mass is 10.2. The first kappa shape index (κ1) is 13.5. The van der Waals surface area contributed by atoms with Crippen molar-refractivity contribution in [2.45, 2.75) is 26.3 Å². The molecule has 1 saturated heterocycles. The molecule has 0 spiro atoms. The fourth-order valence-electron chi connectivity index (χ4n) is 2.34. The van der Waals surface area contributed by atoms with E-state index in [4.69, 9.17) is 5.41 Å². The third-order valence-electron chi connectivity index (χ3n) is 3.49. The molecule has 0 amide bonds. The molecule has 0 bridgehead atoms. The van der Waals surface area contributed by atoms with Crippen LogP contribution in [0.4, 0.5) is 0 Å². The Bertz CT molecular complexity index is 225. The number of rotatable bonds is 3. The predicted molar refractivity (Wildman–Crippen MR) is 69.2 cm³/mol. The molecule has 1 atom stereocenters. The summed E-state index contributed by atoms with van der Waals surface area (Å²) in [5, 5.41) is 8.32. The molecule has 4 nitrogen and oxygen atoms in total. The predicted octanol–water partition coefficient (Wildman–Crippen LogP) is 0.941. The molecule has 1 N–H and O–H groups in total. The van der Waals surface area contributed by atoms with E-state index in [9.17, 15) is 0 Å². The third-order valence-corrected chi connectivity index (χ3v) is 3.49. The van der Waals surface area contributed by atoms with Crippen molar-refractivity contribution in [3.05, 3.63) is 0 Å². The summed E-state index contributed by atoms with van der Waals surface area (Å²) in [6.45, 7) is 9.33. The van der Waals surface area contributed by atoms with Crippen LogP contribution in [0.3, 0.4) is 0 Å². The van der Waals surface area contributed by atoms with E-state index in [1.54, 1.807) is 0 Å². The zero-order chi connectivity index (χ0) is 12.1. The van der Waals surface area contributed by atoms with E-state index >= 15 is 0 Å². The molecular weight excluding hydrogens is 200 g/mol. The summed E-state index contributed by atoms with van der Waals surface area (Å²) in [6.07, 6.45) is 1.20. The fourth-order valence-corrected chi connectivity index (χ4v) is 2.34. The lowest BCUT2D eigenvalue weighted by Crippen LogP contribution is -2.50. The average Bonchev–Trinajstić information content (AvgIpc) is 2.42. The van der Waals surface area contributed by atoms with Gasteiger partial charge in [0.1, 0.15) is 5.84 Å². The average molecular weight is 226 g/mol. The number of hydrogen-bond donors (Lipinski definition) is 1. The summed E-state index contributed by atoms with van der Waals surface area (Å²) in [4.78, 5) is 6.82. The maximum absolute atomic E-state index is 8.32. The van der Waals surface area contributed by atoms with Crippen LogP contribution in [0, 0.1) is 5.41 Å². The zero-order valence-electron chi connectivity index (χ0n) is 11.2. The van der Waals surface area contributed by atoms with Crippen molar-refractivity contribution in [1.82, 2.24) is 14.7 Å². The van der Waals surface area contributed by atoms with Crippen LogP contribution in [0.15, 0.2) is 0 Å². The summed E-state index contributed by atoms with van der Waals surface area (Å²) in [5.74, 6) is 0.779. The highest BCUT2D eigenvalue weighted by Crippen LogP contribution is 2.10. The lowest BCUT2D eigenvalue weighted by Gasteiger charge is -2.33. The van der Waals surface area contributed by atoms with Crippen molar-refractivity contribution >= 4 is 5.84 Å². The Kier molecular flexibility index (Phi) is 5.22. The van der Waals surface area contributed by atoms with E-state index in [1.165, 1.54) is 6.42 Å². The summed E-state index contributed by atoms with van der Waals surface area (Å²) in [5.41, 5.74) is 0. The molecule has 1 rings (SSSR count). The van der Waals surface area contributed by atoms with Crippen molar-refractivity contribution in [2.24, 2.45) is 0 Å². The van der Waals surface area contributed by atoms with Gasteiger partial charge in [-0.3, -0.25) is 10.3 Å². The highest BCUT2D eigenvalue weighted by atomic mass is 15.3. The topological polar surface area (TPSA) is 33.6 Å². The first-order valence-electron chi connectivity index (χ1n) is 6.32. The molecule has 1 aliphatic heterocycles. The maximum atomic E-state index is 8.32. The Hall–Kier alpha value is -0.610. The molecule has 4 heteroatoms. The van der Waals surface area contributed by atoms with Gasteiger partial charge in [0.25, 0.3) is 0 Å². The molecule has 0 aromatic rings. The van der Waals surface area contributed by atoms with E-state index in [1.807, 2.05) is 0 Å². The van der Waals surface area contributed by atoms with E-state index in [-0.39, 0.29) is 6.04 Å². The first-order chi connectivity index (χ1) is 7.60. The minimum absolute atomic E-state index is 0.257. The second-order valence-corrected chi connectivity index (χ2v) is 4.67. The van der Waals surface area contributed by atoms with Crippen LogP contribution in [0.25, 0.3) is 0 Å². The van der Waals surface area contributed by atoms with E-state index in [0.717, 1.165) is 38.6 Å². The highest BCUT2D eigenvalue weighted by Gasteiger charge is 2.26. The van der Waals surface area contributed by atoms with Gasteiger partial charge in [-0.25, -0.2) is 0 Å². The largest absolute Gasteiger partial charge is 0.360 e. The van der Waals surface area contributed by atoms with Crippen LogP contribution in [0.2, 0.25) is 0 Å². The molecule has 16 heavy (non-hydrogen) atoms. The highest BCUT2D eigenvalue weighted by molar-refractivity contribution is 5.84. The van der Waals surface area contributed by atoms with Gasteiger partial charge in [0.2, 0.25) is 0 Å². The van der Waals surface area contributed by atoms with E-state index in [0.29, 0.717) is 0 Å². The van der Waals surface area contributed by atoms with Crippen LogP contribution in [-0.4, -0.2) is 73.4 Å². The first-order valence-corrected chi connectivity index (χ1v) is 6.32. The molecule has 1 heterocycles. The van der Waals surface area contributed by atoms with Crippen LogP contribution in [0.1, 0.15) is 20.3 Å². The Morgan fingerprint density at radius 2 is 1.88 bits per heavy atom. The third kappa shape index (κ3) is 3.19. The second-order valence-electron chi connectivity index (χ2n) is 4.67. The van der Waals surface area contributed by atoms with Crippen molar-refractivity contribution in [2.75, 3.05) is 46.8 Å². The SMILES string of the molecule is CCN(CC)C(=N)C1CN(C)CCCN1C. The van der Waals surface area contributed by atoms with Crippen molar-refractivity contribution in [1.29, 1.82) is 5.41 Å². The summed E-state index contributed by atoms with van der Waals surface area (Å²) >= 11 is 0. The van der Waals surface area contributed by atoms with Gasteiger partial charge in [0, 0.05) is 19.6 Å². The Morgan fingerprint density at radius 1 is 1.25 bits per heavy atom. The number of nitrogens with zero attached hydrogens (tertiary/aromatic N) is 3. The van der Waals surface area contributed by atoms with Crippen molar-refractivity contribution in [3.8, 4) is 0 Å². The van der Waals surface area contributed by atoms with Crippen LogP contribution in [-0.2, 0) is 0 Å². The Labute approximate surface area is 99.7 Å². The Morgan fingerprint density at radius 3 is 2.44 bits per heavy atom. The van der Waals surface area contributed by atoms with Gasteiger partial charge in [-0.05, 0) is 47.5 Å². The summed E-state index contributed by atoms with van der Waals surface area (Å²) < 4.78 is 0. The molecule has 0 aromatic heterocycles. The van der Waals surface area contributed by atoms with Gasteiger partial charge in [0.05, 0.1) is 6.04 Å². The summed E-state index contributed by atoms with van der Waals surface area (Å²) in [7, 11) is 4.30. The molecule has 1 fully saturated rings. The van der Waals surface area contributed by atoms with Gasteiger partial charge in [-0.1, -0.05) is 0 Å². The van der Waals surface area contributed by atoms with E-state index < -0.39 is 0 Å². The summed E-state index contributed by atoms with van der Waals surface area (Å²) in [6, 6.07) is 0.257. The zero-order valence-corrected chi connectivity index (χ0v) is 11.2. The second kappa shape index (κ2) is 6.21. The molecule has 0 saturated carbocycles. The minimum Gasteiger partial charge on any atom is -0.360 e. The quantitative estimate of drug-likeness (QED) is 0.574. The van der Waals surface area contributed by atoms with Crippen LogP contribution in [0.5, 0.6) is 0 Å². The molecule has 0 aliphatic carbocycles. The smallest absolute Gasteiger partial charge is 0.115 e. The maximum Gasteiger partial charge on any atom is 0.115 e. The monoisotopic (exact) mass is 226 g/mol. The Balaban J connectivity index is 2.70. The number of likely N-dealkylation sites (N-methyl/N-ethyl adjacent to an activating group) is 3. The molecule has 0 aromatic carbocycles. The van der Waals surface area contributed by atoms with Gasteiger partial charge < -0.3 is 9.80 Å². The van der Waals surface area contributed by atoms with Gasteiger partial charge >= 0.3 is 0 Å². The molecule has 0 radical (unpaired) electrons. The van der Waals surface area contributed by atoms with Crippen LogP contribution >= 0.6 is 0 Å². The van der Waals surface area contributed by atoms with Crippen molar-refractivity contribution < 1.29 is 0 Å². The standard InChI is InChI=1S/C12H26N4/c1-5-16(6-2)12(13)11-10-14(3)8-7-9-15(11)4/h11,13H,5-10H2,1-4H3. The van der Waals surface area contributed by atoms with Crippen molar-refractivity contribution in [3.63, 3.8) is 0 Å². The van der Waals surface area contributed by atoms with E-state index in [2.05, 4.69) is 42.6 Å². The molecule has 94 valence electrons. The van der Waals surface area contributed by atoms with Gasteiger partial charge in [-0.2, -0.15) is 0 Å². The number of hydrogen-bond acceptors (Lipinski definition) is 3. The van der Waals surface area contributed by atoms with Gasteiger partial charge in [-0.15, -0.1) is 0 Å². The number of amidine groups is 1.